The highest BCUT2D eigenvalue weighted by molar-refractivity contribution is 5.10. The predicted octanol–water partition coefficient (Wildman–Crippen LogP) is 3.74. The zero-order chi connectivity index (χ0) is 13.8. The Bertz CT molecular complexity index is 518. The summed E-state index contributed by atoms with van der Waals surface area (Å²) >= 11 is 0. The van der Waals surface area contributed by atoms with Gasteiger partial charge >= 0.3 is 0 Å². The van der Waals surface area contributed by atoms with Crippen LogP contribution in [0.4, 0.5) is 0 Å². The number of aryl methyl sites for hydroxylation is 2. The molecule has 1 aliphatic heterocycles. The Labute approximate surface area is 119 Å². The van der Waals surface area contributed by atoms with E-state index in [0.29, 0.717) is 6.04 Å². The van der Waals surface area contributed by atoms with Crippen molar-refractivity contribution in [2.45, 2.75) is 45.1 Å². The molecule has 108 valence electrons. The lowest BCUT2D eigenvalue weighted by Gasteiger charge is -2.34. The van der Waals surface area contributed by atoms with Crippen LogP contribution in [0.25, 0.3) is 0 Å². The number of furan rings is 1. The van der Waals surface area contributed by atoms with E-state index in [1.54, 1.807) is 6.26 Å². The molecule has 2 aromatic rings. The molecule has 1 atom stereocenters. The number of nitrogens with zero attached hydrogens (tertiary/aromatic N) is 2. The van der Waals surface area contributed by atoms with Crippen LogP contribution in [-0.2, 0) is 6.42 Å². The highest BCUT2D eigenvalue weighted by Crippen LogP contribution is 2.30. The van der Waals surface area contributed by atoms with E-state index >= 15 is 0 Å². The molecule has 4 heteroatoms. The van der Waals surface area contributed by atoms with E-state index in [0.717, 1.165) is 43.1 Å². The second kappa shape index (κ2) is 6.27. The molecule has 0 N–H and O–H groups in total. The minimum Gasteiger partial charge on any atom is -0.469 e. The van der Waals surface area contributed by atoms with Gasteiger partial charge in [0.25, 0.3) is 0 Å². The molecule has 0 bridgehead atoms. The summed E-state index contributed by atoms with van der Waals surface area (Å²) in [4.78, 5) is 2.55. The van der Waals surface area contributed by atoms with Crippen LogP contribution in [0.15, 0.2) is 33.4 Å². The van der Waals surface area contributed by atoms with Gasteiger partial charge in [0.15, 0.2) is 0 Å². The van der Waals surface area contributed by atoms with Gasteiger partial charge in [-0.25, -0.2) is 0 Å². The molecule has 3 heterocycles. The summed E-state index contributed by atoms with van der Waals surface area (Å²) in [6.45, 7) is 4.21. The van der Waals surface area contributed by atoms with Crippen LogP contribution < -0.4 is 0 Å². The molecular formula is C16H22N2O2. The Kier molecular flexibility index (Phi) is 4.21. The first kappa shape index (κ1) is 13.4. The van der Waals surface area contributed by atoms with Crippen molar-refractivity contribution >= 4 is 0 Å². The fourth-order valence-corrected chi connectivity index (χ4v) is 3.05. The zero-order valence-electron chi connectivity index (χ0n) is 12.0. The maximum absolute atomic E-state index is 5.39. The van der Waals surface area contributed by atoms with Crippen LogP contribution in [0.2, 0.25) is 0 Å². The molecule has 0 spiro atoms. The van der Waals surface area contributed by atoms with Gasteiger partial charge < -0.3 is 8.94 Å². The minimum atomic E-state index is 0.429. The summed E-state index contributed by atoms with van der Waals surface area (Å²) in [5.74, 6) is 1.98. The van der Waals surface area contributed by atoms with Gasteiger partial charge in [-0.2, -0.15) is 0 Å². The zero-order valence-corrected chi connectivity index (χ0v) is 12.0. The molecule has 0 radical (unpaired) electrons. The number of aromatic nitrogens is 1. The third kappa shape index (κ3) is 3.12. The molecule has 1 saturated heterocycles. The summed E-state index contributed by atoms with van der Waals surface area (Å²) in [5.41, 5.74) is 1.10. The van der Waals surface area contributed by atoms with E-state index in [2.05, 4.69) is 22.2 Å². The first-order chi connectivity index (χ1) is 9.83. The summed E-state index contributed by atoms with van der Waals surface area (Å²) in [5, 5.41) is 4.21. The number of likely N-dealkylation sites (tertiary alicyclic amines) is 1. The van der Waals surface area contributed by atoms with Gasteiger partial charge in [0.1, 0.15) is 17.2 Å². The average molecular weight is 274 g/mol. The average Bonchev–Trinajstić information content (AvgIpc) is 3.11. The molecule has 0 unspecified atom stereocenters. The van der Waals surface area contributed by atoms with Crippen molar-refractivity contribution in [2.24, 2.45) is 0 Å². The monoisotopic (exact) mass is 274 g/mol. The fourth-order valence-electron chi connectivity index (χ4n) is 3.05. The molecule has 3 rings (SSSR count). The number of hydrogen-bond acceptors (Lipinski definition) is 4. The lowest BCUT2D eigenvalue weighted by Crippen LogP contribution is -2.34. The van der Waals surface area contributed by atoms with Gasteiger partial charge in [0, 0.05) is 12.5 Å². The molecule has 0 aromatic carbocycles. The SMILES string of the molecule is Cc1cc([C@H]2CCCCN2CCCc2ccco2)no1. The first-order valence-corrected chi connectivity index (χ1v) is 7.52. The third-order valence-electron chi connectivity index (χ3n) is 4.05. The van der Waals surface area contributed by atoms with Gasteiger partial charge in [-0.15, -0.1) is 0 Å². The first-order valence-electron chi connectivity index (χ1n) is 7.52. The van der Waals surface area contributed by atoms with E-state index < -0.39 is 0 Å². The van der Waals surface area contributed by atoms with Gasteiger partial charge in [-0.05, 0) is 51.4 Å². The quantitative estimate of drug-likeness (QED) is 0.833. The summed E-state index contributed by atoms with van der Waals surface area (Å²) in [6.07, 6.45) is 7.64. The number of hydrogen-bond donors (Lipinski definition) is 0. The van der Waals surface area contributed by atoms with Crippen LogP contribution in [0.1, 0.15) is 48.9 Å². The van der Waals surface area contributed by atoms with E-state index in [1.807, 2.05) is 13.0 Å². The molecule has 0 aliphatic carbocycles. The van der Waals surface area contributed by atoms with Crippen molar-refractivity contribution in [3.05, 3.63) is 41.7 Å². The van der Waals surface area contributed by atoms with Crippen LogP contribution >= 0.6 is 0 Å². The van der Waals surface area contributed by atoms with E-state index in [-0.39, 0.29) is 0 Å². The number of rotatable bonds is 5. The standard InChI is InChI=1S/C16H22N2O2/c1-13-12-15(17-20-13)16-8-2-3-9-18(16)10-4-6-14-7-5-11-19-14/h5,7,11-12,16H,2-4,6,8-10H2,1H3/t16-/m1/s1. The normalized spacial score (nSPS) is 20.4. The third-order valence-corrected chi connectivity index (χ3v) is 4.05. The Balaban J connectivity index is 1.58. The Morgan fingerprint density at radius 2 is 2.35 bits per heavy atom. The number of piperidine rings is 1. The topological polar surface area (TPSA) is 42.4 Å². The van der Waals surface area contributed by atoms with Crippen molar-refractivity contribution in [1.82, 2.24) is 10.1 Å². The molecule has 1 aliphatic rings. The largest absolute Gasteiger partial charge is 0.469 e. The Hall–Kier alpha value is -1.55. The lowest BCUT2D eigenvalue weighted by molar-refractivity contribution is 0.140. The van der Waals surface area contributed by atoms with E-state index in [4.69, 9.17) is 8.94 Å². The van der Waals surface area contributed by atoms with Crippen molar-refractivity contribution < 1.29 is 8.94 Å². The van der Waals surface area contributed by atoms with Crippen molar-refractivity contribution in [3.8, 4) is 0 Å². The second-order valence-corrected chi connectivity index (χ2v) is 5.59. The van der Waals surface area contributed by atoms with Gasteiger partial charge in [0.2, 0.25) is 0 Å². The fraction of sp³-hybridized carbons (Fsp3) is 0.562. The van der Waals surface area contributed by atoms with Crippen LogP contribution in [-0.4, -0.2) is 23.1 Å². The molecule has 4 nitrogen and oxygen atoms in total. The van der Waals surface area contributed by atoms with Crippen molar-refractivity contribution in [1.29, 1.82) is 0 Å². The maximum atomic E-state index is 5.39. The highest BCUT2D eigenvalue weighted by Gasteiger charge is 2.25. The molecule has 0 amide bonds. The predicted molar refractivity (Wildman–Crippen MR) is 76.4 cm³/mol. The highest BCUT2D eigenvalue weighted by atomic mass is 16.5. The van der Waals surface area contributed by atoms with Gasteiger partial charge in [0.05, 0.1) is 12.3 Å². The van der Waals surface area contributed by atoms with Crippen LogP contribution in [0.5, 0.6) is 0 Å². The molecule has 0 saturated carbocycles. The molecule has 2 aromatic heterocycles. The molecule has 20 heavy (non-hydrogen) atoms. The molecular weight excluding hydrogens is 252 g/mol. The minimum absolute atomic E-state index is 0.429. The van der Waals surface area contributed by atoms with Crippen LogP contribution in [0.3, 0.4) is 0 Å². The second-order valence-electron chi connectivity index (χ2n) is 5.59. The van der Waals surface area contributed by atoms with E-state index in [1.165, 1.54) is 19.3 Å². The van der Waals surface area contributed by atoms with Gasteiger partial charge in [-0.3, -0.25) is 4.90 Å². The van der Waals surface area contributed by atoms with Crippen LogP contribution in [0, 0.1) is 6.92 Å². The summed E-state index contributed by atoms with van der Waals surface area (Å²) < 4.78 is 10.6. The van der Waals surface area contributed by atoms with E-state index in [9.17, 15) is 0 Å². The van der Waals surface area contributed by atoms with Crippen molar-refractivity contribution in [2.75, 3.05) is 13.1 Å². The molecule has 1 fully saturated rings. The maximum Gasteiger partial charge on any atom is 0.133 e. The van der Waals surface area contributed by atoms with Crippen molar-refractivity contribution in [3.63, 3.8) is 0 Å². The summed E-state index contributed by atoms with van der Waals surface area (Å²) in [7, 11) is 0. The smallest absolute Gasteiger partial charge is 0.133 e. The Morgan fingerprint density at radius 3 is 3.10 bits per heavy atom. The lowest BCUT2D eigenvalue weighted by atomic mass is 9.98. The Morgan fingerprint density at radius 1 is 1.40 bits per heavy atom. The van der Waals surface area contributed by atoms with Gasteiger partial charge in [-0.1, -0.05) is 11.6 Å². The summed E-state index contributed by atoms with van der Waals surface area (Å²) in [6, 6.07) is 6.51.